The zero-order valence-electron chi connectivity index (χ0n) is 11.7. The van der Waals surface area contributed by atoms with E-state index < -0.39 is 0 Å². The Hall–Kier alpha value is -0.450. The second-order valence-corrected chi connectivity index (χ2v) is 5.60. The highest BCUT2D eigenvalue weighted by Crippen LogP contribution is 2.17. The maximum absolute atomic E-state index is 11.9. The minimum Gasteiger partial charge on any atom is -0.379 e. The molecule has 2 heterocycles. The van der Waals surface area contributed by atoms with Gasteiger partial charge in [-0.25, -0.2) is 0 Å². The lowest BCUT2D eigenvalue weighted by Gasteiger charge is -2.32. The average molecular weight is 254 g/mol. The largest absolute Gasteiger partial charge is 0.379 e. The Morgan fingerprint density at radius 3 is 2.72 bits per heavy atom. The molecule has 0 N–H and O–H groups in total. The van der Waals surface area contributed by atoms with E-state index in [9.17, 15) is 4.79 Å². The van der Waals surface area contributed by atoms with Crippen molar-refractivity contribution < 1.29 is 9.53 Å². The van der Waals surface area contributed by atoms with Crippen molar-refractivity contribution in [3.8, 4) is 0 Å². The highest BCUT2D eigenvalue weighted by molar-refractivity contribution is 5.82. The molecule has 0 radical (unpaired) electrons. The van der Waals surface area contributed by atoms with Gasteiger partial charge in [-0.2, -0.15) is 0 Å². The molecule has 2 saturated heterocycles. The first-order chi connectivity index (χ1) is 8.70. The normalized spacial score (nSPS) is 28.4. The van der Waals surface area contributed by atoms with Gasteiger partial charge in [0.15, 0.2) is 0 Å². The van der Waals surface area contributed by atoms with Gasteiger partial charge in [-0.15, -0.1) is 0 Å². The minimum atomic E-state index is 0.215. The van der Waals surface area contributed by atoms with Crippen LogP contribution >= 0.6 is 0 Å². The first kappa shape index (κ1) is 14.0. The summed E-state index contributed by atoms with van der Waals surface area (Å²) in [7, 11) is 0. The predicted molar refractivity (Wildman–Crippen MR) is 71.7 cm³/mol. The van der Waals surface area contributed by atoms with Crippen LogP contribution in [0, 0.1) is 5.92 Å². The second kappa shape index (κ2) is 6.64. The number of ether oxygens (including phenoxy) is 1. The van der Waals surface area contributed by atoms with Gasteiger partial charge in [0.05, 0.1) is 19.8 Å². The Balaban J connectivity index is 1.75. The van der Waals surface area contributed by atoms with Crippen LogP contribution in [0.25, 0.3) is 0 Å². The molecule has 0 spiro atoms. The Morgan fingerprint density at radius 2 is 2.06 bits per heavy atom. The van der Waals surface area contributed by atoms with Gasteiger partial charge < -0.3 is 4.74 Å². The quantitative estimate of drug-likeness (QED) is 0.733. The lowest BCUT2D eigenvalue weighted by molar-refractivity contribution is -0.123. The molecular formula is C14H26N2O2. The summed E-state index contributed by atoms with van der Waals surface area (Å²) in [6, 6.07) is 0.638. The molecule has 2 atom stereocenters. The van der Waals surface area contributed by atoms with E-state index in [1.54, 1.807) is 0 Å². The molecule has 104 valence electrons. The van der Waals surface area contributed by atoms with Crippen LogP contribution in [0.4, 0.5) is 0 Å². The molecule has 0 amide bonds. The Bertz CT molecular complexity index is 277. The zero-order chi connectivity index (χ0) is 13.0. The van der Waals surface area contributed by atoms with Gasteiger partial charge >= 0.3 is 0 Å². The molecule has 4 nitrogen and oxygen atoms in total. The Labute approximate surface area is 110 Å². The fraction of sp³-hybridized carbons (Fsp3) is 0.929. The third kappa shape index (κ3) is 3.53. The van der Waals surface area contributed by atoms with E-state index in [4.69, 9.17) is 4.74 Å². The zero-order valence-corrected chi connectivity index (χ0v) is 11.7. The molecule has 2 unspecified atom stereocenters. The number of Topliss-reactive ketones (excluding diaryl/α,β-unsaturated/α-hetero) is 1. The fourth-order valence-corrected chi connectivity index (χ4v) is 2.80. The average Bonchev–Trinajstić information content (AvgIpc) is 2.87. The van der Waals surface area contributed by atoms with Crippen LogP contribution in [-0.4, -0.2) is 67.6 Å². The van der Waals surface area contributed by atoms with Crippen LogP contribution in [0.2, 0.25) is 0 Å². The number of nitrogens with zero attached hydrogens (tertiary/aromatic N) is 2. The third-order valence-corrected chi connectivity index (χ3v) is 4.35. The number of hydrogen-bond acceptors (Lipinski definition) is 4. The summed E-state index contributed by atoms with van der Waals surface area (Å²) in [5.74, 6) is 0.618. The topological polar surface area (TPSA) is 32.8 Å². The summed E-state index contributed by atoms with van der Waals surface area (Å²) >= 11 is 0. The molecule has 0 saturated carbocycles. The van der Waals surface area contributed by atoms with Crippen LogP contribution < -0.4 is 0 Å². The first-order valence-corrected chi connectivity index (χ1v) is 7.27. The van der Waals surface area contributed by atoms with Crippen LogP contribution in [-0.2, 0) is 9.53 Å². The van der Waals surface area contributed by atoms with Crippen molar-refractivity contribution >= 4 is 5.78 Å². The Kier molecular flexibility index (Phi) is 5.15. The molecule has 2 fully saturated rings. The van der Waals surface area contributed by atoms with Crippen LogP contribution in [0.1, 0.15) is 26.7 Å². The summed E-state index contributed by atoms with van der Waals surface area (Å²) in [6.45, 7) is 10.7. The maximum Gasteiger partial charge on any atom is 0.149 e. The van der Waals surface area contributed by atoms with Crippen molar-refractivity contribution in [3.63, 3.8) is 0 Å². The minimum absolute atomic E-state index is 0.215. The predicted octanol–water partition coefficient (Wildman–Crippen LogP) is 1.01. The molecule has 2 aliphatic rings. The van der Waals surface area contributed by atoms with E-state index in [1.165, 1.54) is 6.42 Å². The highest BCUT2D eigenvalue weighted by atomic mass is 16.5. The Morgan fingerprint density at radius 1 is 1.33 bits per heavy atom. The lowest BCUT2D eigenvalue weighted by Crippen LogP contribution is -2.45. The number of rotatable bonds is 5. The van der Waals surface area contributed by atoms with Crippen molar-refractivity contribution in [2.45, 2.75) is 32.7 Å². The summed E-state index contributed by atoms with van der Waals surface area (Å²) in [5, 5.41) is 0. The number of carbonyl (C=O) groups is 1. The van der Waals surface area contributed by atoms with E-state index in [0.717, 1.165) is 45.8 Å². The van der Waals surface area contributed by atoms with Gasteiger partial charge in [0.2, 0.25) is 0 Å². The number of likely N-dealkylation sites (tertiary alicyclic amines) is 1. The van der Waals surface area contributed by atoms with Crippen molar-refractivity contribution in [2.75, 3.05) is 45.9 Å². The summed E-state index contributed by atoms with van der Waals surface area (Å²) in [5.41, 5.74) is 0. The van der Waals surface area contributed by atoms with E-state index in [0.29, 0.717) is 18.4 Å². The van der Waals surface area contributed by atoms with E-state index in [1.807, 2.05) is 6.92 Å². The van der Waals surface area contributed by atoms with E-state index in [-0.39, 0.29) is 5.92 Å². The van der Waals surface area contributed by atoms with Crippen LogP contribution in [0.5, 0.6) is 0 Å². The SMILES string of the molecule is CCC(C)C(=O)CN1CCC(N2CCOCC2)C1. The number of ketones is 1. The van der Waals surface area contributed by atoms with Gasteiger partial charge in [-0.1, -0.05) is 13.8 Å². The van der Waals surface area contributed by atoms with Crippen LogP contribution in [0.15, 0.2) is 0 Å². The second-order valence-electron chi connectivity index (χ2n) is 5.60. The summed E-state index contributed by atoms with van der Waals surface area (Å²) in [6.07, 6.45) is 2.16. The van der Waals surface area contributed by atoms with E-state index >= 15 is 0 Å². The molecule has 0 aromatic carbocycles. The standard InChI is InChI=1S/C14H26N2O2/c1-3-12(2)14(17)11-15-5-4-13(10-15)16-6-8-18-9-7-16/h12-13H,3-11H2,1-2H3. The molecule has 4 heteroatoms. The van der Waals surface area contributed by atoms with Gasteiger partial charge in [0, 0.05) is 38.1 Å². The molecule has 0 aromatic rings. The monoisotopic (exact) mass is 254 g/mol. The molecule has 18 heavy (non-hydrogen) atoms. The fourth-order valence-electron chi connectivity index (χ4n) is 2.80. The molecule has 0 aliphatic carbocycles. The molecular weight excluding hydrogens is 228 g/mol. The third-order valence-electron chi connectivity index (χ3n) is 4.35. The number of morpholine rings is 1. The number of hydrogen-bond donors (Lipinski definition) is 0. The van der Waals surface area contributed by atoms with Crippen molar-refractivity contribution in [2.24, 2.45) is 5.92 Å². The molecule has 2 aliphatic heterocycles. The maximum atomic E-state index is 11.9. The summed E-state index contributed by atoms with van der Waals surface area (Å²) in [4.78, 5) is 16.8. The molecule has 2 rings (SSSR count). The summed E-state index contributed by atoms with van der Waals surface area (Å²) < 4.78 is 5.39. The smallest absolute Gasteiger partial charge is 0.149 e. The van der Waals surface area contributed by atoms with Crippen molar-refractivity contribution in [1.82, 2.24) is 9.80 Å². The molecule has 0 aromatic heterocycles. The first-order valence-electron chi connectivity index (χ1n) is 7.27. The van der Waals surface area contributed by atoms with Crippen molar-refractivity contribution in [3.05, 3.63) is 0 Å². The van der Waals surface area contributed by atoms with Crippen LogP contribution in [0.3, 0.4) is 0 Å². The molecule has 0 bridgehead atoms. The van der Waals surface area contributed by atoms with Crippen molar-refractivity contribution in [1.29, 1.82) is 0 Å². The van der Waals surface area contributed by atoms with E-state index in [2.05, 4.69) is 16.7 Å². The number of carbonyl (C=O) groups excluding carboxylic acids is 1. The van der Waals surface area contributed by atoms with Gasteiger partial charge in [-0.05, 0) is 12.8 Å². The highest BCUT2D eigenvalue weighted by Gasteiger charge is 2.29. The van der Waals surface area contributed by atoms with Gasteiger partial charge in [-0.3, -0.25) is 14.6 Å². The lowest BCUT2D eigenvalue weighted by atomic mass is 10.0. The van der Waals surface area contributed by atoms with Gasteiger partial charge in [0.1, 0.15) is 5.78 Å². The van der Waals surface area contributed by atoms with Gasteiger partial charge in [0.25, 0.3) is 0 Å².